The average Bonchev–Trinajstić information content (AvgIpc) is 3.09. The van der Waals surface area contributed by atoms with E-state index in [4.69, 9.17) is 19.9 Å². The highest BCUT2D eigenvalue weighted by Crippen LogP contribution is 2.39. The van der Waals surface area contributed by atoms with Crippen LogP contribution in [0.25, 0.3) is 11.1 Å². The third kappa shape index (κ3) is 4.19. The van der Waals surface area contributed by atoms with E-state index in [0.717, 1.165) is 22.5 Å². The summed E-state index contributed by atoms with van der Waals surface area (Å²) in [5.41, 5.74) is 10.5. The SMILES string of the molecule is COC(=O)CCc1c(-c2ccc3c(c2)OCCO3)c(C(N)=O)c(C)n1Cc1ccccc1. The Bertz CT molecular complexity index is 1150. The van der Waals surface area contributed by atoms with Crippen LogP contribution in [0.5, 0.6) is 11.5 Å². The van der Waals surface area contributed by atoms with Crippen LogP contribution < -0.4 is 15.2 Å². The summed E-state index contributed by atoms with van der Waals surface area (Å²) in [6.07, 6.45) is 0.585. The van der Waals surface area contributed by atoms with Crippen LogP contribution in [0.3, 0.4) is 0 Å². The largest absolute Gasteiger partial charge is 0.486 e. The van der Waals surface area contributed by atoms with Crippen molar-refractivity contribution >= 4 is 11.9 Å². The minimum absolute atomic E-state index is 0.185. The monoisotopic (exact) mass is 434 g/mol. The first-order valence-electron chi connectivity index (χ1n) is 10.5. The Morgan fingerprint density at radius 2 is 1.78 bits per heavy atom. The zero-order valence-corrected chi connectivity index (χ0v) is 18.2. The first-order valence-corrected chi connectivity index (χ1v) is 10.5. The number of benzene rings is 2. The van der Waals surface area contributed by atoms with Gasteiger partial charge in [-0.05, 0) is 36.6 Å². The molecule has 166 valence electrons. The number of carbonyl (C=O) groups is 2. The maximum atomic E-state index is 12.6. The molecule has 2 N–H and O–H groups in total. The van der Waals surface area contributed by atoms with Crippen molar-refractivity contribution in [3.63, 3.8) is 0 Å². The lowest BCUT2D eigenvalue weighted by molar-refractivity contribution is -0.140. The zero-order chi connectivity index (χ0) is 22.7. The van der Waals surface area contributed by atoms with Crippen LogP contribution in [0.4, 0.5) is 0 Å². The van der Waals surface area contributed by atoms with E-state index in [1.54, 1.807) is 0 Å². The molecule has 0 saturated carbocycles. The van der Waals surface area contributed by atoms with Gasteiger partial charge < -0.3 is 24.5 Å². The van der Waals surface area contributed by atoms with Gasteiger partial charge in [0.1, 0.15) is 13.2 Å². The van der Waals surface area contributed by atoms with Crippen molar-refractivity contribution in [3.05, 3.63) is 71.0 Å². The molecule has 0 atom stereocenters. The highest BCUT2D eigenvalue weighted by Gasteiger charge is 2.26. The molecule has 1 aromatic heterocycles. The topological polar surface area (TPSA) is 92.8 Å². The lowest BCUT2D eigenvalue weighted by atomic mass is 9.97. The quantitative estimate of drug-likeness (QED) is 0.575. The van der Waals surface area contributed by atoms with Gasteiger partial charge >= 0.3 is 5.97 Å². The first-order chi connectivity index (χ1) is 15.5. The van der Waals surface area contributed by atoms with Gasteiger partial charge in [0.15, 0.2) is 11.5 Å². The van der Waals surface area contributed by atoms with E-state index in [2.05, 4.69) is 4.57 Å². The van der Waals surface area contributed by atoms with Gasteiger partial charge in [0.25, 0.3) is 5.91 Å². The summed E-state index contributed by atoms with van der Waals surface area (Å²) in [4.78, 5) is 24.5. The number of rotatable bonds is 7. The summed E-state index contributed by atoms with van der Waals surface area (Å²) in [6.45, 7) is 3.39. The molecule has 0 saturated heterocycles. The van der Waals surface area contributed by atoms with E-state index in [1.165, 1.54) is 7.11 Å². The fourth-order valence-electron chi connectivity index (χ4n) is 4.17. The Hall–Kier alpha value is -3.74. The fourth-order valence-corrected chi connectivity index (χ4v) is 4.17. The second-order valence-corrected chi connectivity index (χ2v) is 7.65. The molecule has 0 radical (unpaired) electrons. The zero-order valence-electron chi connectivity index (χ0n) is 18.2. The number of nitrogens with zero attached hydrogens (tertiary/aromatic N) is 1. The number of methoxy groups -OCH3 is 1. The van der Waals surface area contributed by atoms with E-state index in [9.17, 15) is 9.59 Å². The van der Waals surface area contributed by atoms with Gasteiger partial charge in [-0.15, -0.1) is 0 Å². The summed E-state index contributed by atoms with van der Waals surface area (Å²) < 4.78 is 18.3. The van der Waals surface area contributed by atoms with Crippen LogP contribution in [-0.4, -0.2) is 36.8 Å². The summed E-state index contributed by atoms with van der Waals surface area (Å²) >= 11 is 0. The second-order valence-electron chi connectivity index (χ2n) is 7.65. The number of nitrogens with two attached hydrogens (primary N) is 1. The molecule has 32 heavy (non-hydrogen) atoms. The molecule has 0 fully saturated rings. The van der Waals surface area contributed by atoms with Crippen LogP contribution in [0.2, 0.25) is 0 Å². The summed E-state index contributed by atoms with van der Waals surface area (Å²) in [5.74, 6) is 0.455. The lowest BCUT2D eigenvalue weighted by Gasteiger charge is -2.19. The minimum Gasteiger partial charge on any atom is -0.486 e. The summed E-state index contributed by atoms with van der Waals surface area (Å²) in [6, 6.07) is 15.5. The molecule has 2 heterocycles. The molecule has 2 aromatic carbocycles. The molecule has 3 aromatic rings. The van der Waals surface area contributed by atoms with E-state index in [0.29, 0.717) is 48.8 Å². The number of hydrogen-bond donors (Lipinski definition) is 1. The minimum atomic E-state index is -0.515. The number of fused-ring (bicyclic) bond motifs is 1. The Balaban J connectivity index is 1.89. The first kappa shape index (κ1) is 21.5. The molecular weight excluding hydrogens is 408 g/mol. The number of hydrogen-bond acceptors (Lipinski definition) is 5. The molecule has 4 rings (SSSR count). The third-order valence-electron chi connectivity index (χ3n) is 5.69. The third-order valence-corrected chi connectivity index (χ3v) is 5.69. The molecule has 1 aliphatic rings. The predicted molar refractivity (Wildman–Crippen MR) is 120 cm³/mol. The smallest absolute Gasteiger partial charge is 0.305 e. The van der Waals surface area contributed by atoms with E-state index >= 15 is 0 Å². The van der Waals surface area contributed by atoms with Crippen molar-refractivity contribution < 1.29 is 23.8 Å². The standard InChI is InChI=1S/C25H26N2O5/c1-16-23(25(26)29)24(18-8-10-20-21(14-18)32-13-12-31-20)19(9-11-22(28)30-2)27(16)15-17-6-4-3-5-7-17/h3-8,10,14H,9,11-13,15H2,1-2H3,(H2,26,29). The number of primary amides is 1. The molecule has 1 amide bonds. The van der Waals surface area contributed by atoms with Crippen molar-refractivity contribution in [2.24, 2.45) is 5.73 Å². The number of amides is 1. The van der Waals surface area contributed by atoms with Crippen LogP contribution in [0, 0.1) is 6.92 Å². The molecule has 0 bridgehead atoms. The maximum Gasteiger partial charge on any atom is 0.305 e. The number of esters is 1. The van der Waals surface area contributed by atoms with Crippen LogP contribution in [-0.2, 0) is 22.5 Å². The van der Waals surface area contributed by atoms with Crippen LogP contribution in [0.1, 0.15) is 33.7 Å². The van der Waals surface area contributed by atoms with Crippen molar-refractivity contribution in [2.75, 3.05) is 20.3 Å². The Kier molecular flexibility index (Phi) is 6.16. The Morgan fingerprint density at radius 1 is 1.06 bits per heavy atom. The summed E-state index contributed by atoms with van der Waals surface area (Å²) in [5, 5.41) is 0. The van der Waals surface area contributed by atoms with Gasteiger partial charge in [-0.1, -0.05) is 36.4 Å². The van der Waals surface area contributed by atoms with Gasteiger partial charge in [0, 0.05) is 23.5 Å². The van der Waals surface area contributed by atoms with Gasteiger partial charge in [0.05, 0.1) is 19.1 Å². The predicted octanol–water partition coefficient (Wildman–Crippen LogP) is 3.49. The molecule has 0 spiro atoms. The van der Waals surface area contributed by atoms with E-state index in [1.807, 2.05) is 55.5 Å². The molecule has 0 unspecified atom stereocenters. The van der Waals surface area contributed by atoms with Crippen molar-refractivity contribution in [1.29, 1.82) is 0 Å². The molecule has 0 aliphatic carbocycles. The number of ether oxygens (including phenoxy) is 3. The average molecular weight is 434 g/mol. The fraction of sp³-hybridized carbons (Fsp3) is 0.280. The highest BCUT2D eigenvalue weighted by atomic mass is 16.6. The Morgan fingerprint density at radius 3 is 2.47 bits per heavy atom. The van der Waals surface area contributed by atoms with E-state index in [-0.39, 0.29) is 12.4 Å². The maximum absolute atomic E-state index is 12.6. The van der Waals surface area contributed by atoms with Crippen molar-refractivity contribution in [1.82, 2.24) is 4.57 Å². The summed E-state index contributed by atoms with van der Waals surface area (Å²) in [7, 11) is 1.37. The molecule has 7 nitrogen and oxygen atoms in total. The van der Waals surface area contributed by atoms with Crippen molar-refractivity contribution in [3.8, 4) is 22.6 Å². The van der Waals surface area contributed by atoms with Crippen LogP contribution >= 0.6 is 0 Å². The molecule has 1 aliphatic heterocycles. The number of aromatic nitrogens is 1. The van der Waals surface area contributed by atoms with Gasteiger partial charge in [-0.3, -0.25) is 9.59 Å². The Labute approximate surface area is 186 Å². The normalized spacial score (nSPS) is 12.4. The lowest BCUT2D eigenvalue weighted by Crippen LogP contribution is -2.15. The number of carbonyl (C=O) groups excluding carboxylic acids is 2. The van der Waals surface area contributed by atoms with Gasteiger partial charge in [-0.25, -0.2) is 0 Å². The van der Waals surface area contributed by atoms with Gasteiger partial charge in [-0.2, -0.15) is 0 Å². The van der Waals surface area contributed by atoms with Crippen LogP contribution in [0.15, 0.2) is 48.5 Å². The van der Waals surface area contributed by atoms with E-state index < -0.39 is 5.91 Å². The second kappa shape index (κ2) is 9.18. The molecular formula is C25H26N2O5. The highest BCUT2D eigenvalue weighted by molar-refractivity contribution is 6.02. The van der Waals surface area contributed by atoms with Gasteiger partial charge in [0.2, 0.25) is 0 Å². The van der Waals surface area contributed by atoms with Crippen molar-refractivity contribution in [2.45, 2.75) is 26.3 Å². The molecule has 7 heteroatoms.